The molecule has 0 aliphatic heterocycles. The van der Waals surface area contributed by atoms with Crippen LogP contribution in [0.2, 0.25) is 0 Å². The molecule has 0 saturated heterocycles. The second-order valence-electron chi connectivity index (χ2n) is 6.35. The molecule has 0 unspecified atom stereocenters. The number of benzene rings is 3. The number of carbonyl (C=O) groups is 1. The quantitative estimate of drug-likeness (QED) is 0.548. The number of carbonyl (C=O) groups excluding carboxylic acids is 1. The van der Waals surface area contributed by atoms with Crippen molar-refractivity contribution in [2.75, 3.05) is 19.0 Å². The molecule has 0 radical (unpaired) electrons. The van der Waals surface area contributed by atoms with E-state index in [1.165, 1.54) is 24.3 Å². The molecular formula is C22H22N2O5S. The van der Waals surface area contributed by atoms with Crippen molar-refractivity contribution in [2.45, 2.75) is 11.4 Å². The Bertz CT molecular complexity index is 1070. The molecule has 0 spiro atoms. The lowest BCUT2D eigenvalue weighted by atomic mass is 10.2. The molecule has 2 N–H and O–H groups in total. The highest BCUT2D eigenvalue weighted by molar-refractivity contribution is 7.89. The fourth-order valence-corrected chi connectivity index (χ4v) is 3.61. The summed E-state index contributed by atoms with van der Waals surface area (Å²) in [5.74, 6) is 0.751. The van der Waals surface area contributed by atoms with Gasteiger partial charge in [0.15, 0.2) is 6.61 Å². The molecule has 156 valence electrons. The number of sulfonamides is 1. The summed E-state index contributed by atoms with van der Waals surface area (Å²) in [6.45, 7) is -0.00264. The third-order valence-electron chi connectivity index (χ3n) is 4.19. The highest BCUT2D eigenvalue weighted by atomic mass is 32.2. The molecular weight excluding hydrogens is 404 g/mol. The number of rotatable bonds is 9. The molecule has 3 aromatic carbocycles. The van der Waals surface area contributed by atoms with E-state index in [-0.39, 0.29) is 24.0 Å². The van der Waals surface area contributed by atoms with E-state index >= 15 is 0 Å². The lowest BCUT2D eigenvalue weighted by Crippen LogP contribution is -2.23. The van der Waals surface area contributed by atoms with Crippen LogP contribution in [0.25, 0.3) is 0 Å². The van der Waals surface area contributed by atoms with E-state index in [9.17, 15) is 13.2 Å². The summed E-state index contributed by atoms with van der Waals surface area (Å²) in [7, 11) is -2.08. The van der Waals surface area contributed by atoms with Gasteiger partial charge in [-0.2, -0.15) is 0 Å². The van der Waals surface area contributed by atoms with E-state index in [1.54, 1.807) is 31.4 Å². The van der Waals surface area contributed by atoms with Crippen LogP contribution < -0.4 is 19.5 Å². The van der Waals surface area contributed by atoms with Crippen molar-refractivity contribution >= 4 is 21.6 Å². The van der Waals surface area contributed by atoms with Crippen molar-refractivity contribution in [1.82, 2.24) is 4.72 Å². The van der Waals surface area contributed by atoms with Crippen molar-refractivity contribution in [2.24, 2.45) is 0 Å². The molecule has 30 heavy (non-hydrogen) atoms. The van der Waals surface area contributed by atoms with E-state index in [4.69, 9.17) is 9.47 Å². The Kier molecular flexibility index (Phi) is 7.05. The normalized spacial score (nSPS) is 11.0. The predicted octanol–water partition coefficient (Wildman–Crippen LogP) is 3.19. The van der Waals surface area contributed by atoms with Gasteiger partial charge < -0.3 is 14.8 Å². The van der Waals surface area contributed by atoms with Gasteiger partial charge in [0.05, 0.1) is 12.0 Å². The Hall–Kier alpha value is -3.36. The molecule has 0 saturated carbocycles. The van der Waals surface area contributed by atoms with Gasteiger partial charge in [-0.3, -0.25) is 4.79 Å². The number of anilines is 1. The second kappa shape index (κ2) is 9.91. The van der Waals surface area contributed by atoms with E-state index in [2.05, 4.69) is 10.0 Å². The minimum Gasteiger partial charge on any atom is -0.497 e. The van der Waals surface area contributed by atoms with Gasteiger partial charge in [0.25, 0.3) is 5.91 Å². The van der Waals surface area contributed by atoms with Crippen molar-refractivity contribution in [3.8, 4) is 11.5 Å². The SMILES string of the molecule is COc1ccc(NC(=O)COc2ccc(S(=O)(=O)NCc3ccccc3)cc2)cc1. The first-order valence-electron chi connectivity index (χ1n) is 9.16. The third kappa shape index (κ3) is 6.07. The number of amides is 1. The number of nitrogens with one attached hydrogen (secondary N) is 2. The van der Waals surface area contributed by atoms with Crippen molar-refractivity contribution in [1.29, 1.82) is 0 Å². The van der Waals surface area contributed by atoms with Crippen LogP contribution >= 0.6 is 0 Å². The van der Waals surface area contributed by atoms with Gasteiger partial charge in [-0.15, -0.1) is 0 Å². The first kappa shape index (κ1) is 21.4. The minimum atomic E-state index is -3.65. The lowest BCUT2D eigenvalue weighted by Gasteiger charge is -2.10. The molecule has 0 aliphatic carbocycles. The predicted molar refractivity (Wildman–Crippen MR) is 114 cm³/mol. The van der Waals surface area contributed by atoms with Gasteiger partial charge in [0, 0.05) is 12.2 Å². The second-order valence-corrected chi connectivity index (χ2v) is 8.11. The summed E-state index contributed by atoms with van der Waals surface area (Å²) < 4.78 is 37.9. The van der Waals surface area contributed by atoms with E-state index in [1.807, 2.05) is 30.3 Å². The lowest BCUT2D eigenvalue weighted by molar-refractivity contribution is -0.118. The molecule has 0 atom stereocenters. The maximum atomic E-state index is 12.4. The zero-order chi connectivity index (χ0) is 21.4. The Balaban J connectivity index is 1.51. The van der Waals surface area contributed by atoms with Gasteiger partial charge in [0.2, 0.25) is 10.0 Å². The van der Waals surface area contributed by atoms with Crippen LogP contribution in [-0.2, 0) is 21.4 Å². The van der Waals surface area contributed by atoms with Crippen molar-refractivity contribution < 1.29 is 22.7 Å². The molecule has 3 rings (SSSR count). The molecule has 0 fully saturated rings. The fraction of sp³-hybridized carbons (Fsp3) is 0.136. The summed E-state index contributed by atoms with van der Waals surface area (Å²) in [5.41, 5.74) is 1.49. The highest BCUT2D eigenvalue weighted by Gasteiger charge is 2.14. The zero-order valence-corrected chi connectivity index (χ0v) is 17.2. The number of hydrogen-bond acceptors (Lipinski definition) is 5. The van der Waals surface area contributed by atoms with Gasteiger partial charge in [-0.25, -0.2) is 13.1 Å². The van der Waals surface area contributed by atoms with E-state index < -0.39 is 10.0 Å². The summed E-state index contributed by atoms with van der Waals surface area (Å²) in [5, 5.41) is 2.71. The van der Waals surface area contributed by atoms with Crippen molar-refractivity contribution in [3.63, 3.8) is 0 Å². The molecule has 0 heterocycles. The average molecular weight is 426 g/mol. The van der Waals surface area contributed by atoms with Gasteiger partial charge in [0.1, 0.15) is 11.5 Å². The third-order valence-corrected chi connectivity index (χ3v) is 5.60. The van der Waals surface area contributed by atoms with Crippen LogP contribution in [0.3, 0.4) is 0 Å². The van der Waals surface area contributed by atoms with E-state index in [0.717, 1.165) is 5.56 Å². The van der Waals surface area contributed by atoms with Crippen molar-refractivity contribution in [3.05, 3.63) is 84.4 Å². The number of ether oxygens (including phenoxy) is 2. The molecule has 1 amide bonds. The van der Waals surface area contributed by atoms with E-state index in [0.29, 0.717) is 17.2 Å². The van der Waals surface area contributed by atoms with Crippen LogP contribution in [0.4, 0.5) is 5.69 Å². The van der Waals surface area contributed by atoms with Gasteiger partial charge in [-0.1, -0.05) is 30.3 Å². The Morgan fingerprint density at radius 3 is 2.13 bits per heavy atom. The topological polar surface area (TPSA) is 93.7 Å². The summed E-state index contributed by atoms with van der Waals surface area (Å²) >= 11 is 0. The van der Waals surface area contributed by atoms with Crippen LogP contribution in [0.1, 0.15) is 5.56 Å². The molecule has 7 nitrogen and oxygen atoms in total. The molecule has 0 aliphatic rings. The standard InChI is InChI=1S/C22H22N2O5S/c1-28-19-9-7-18(8-10-19)24-22(25)16-29-20-11-13-21(14-12-20)30(26,27)23-15-17-5-3-2-4-6-17/h2-14,23H,15-16H2,1H3,(H,24,25). The smallest absolute Gasteiger partial charge is 0.262 e. The maximum absolute atomic E-state index is 12.4. The summed E-state index contributed by atoms with van der Waals surface area (Å²) in [6.07, 6.45) is 0. The van der Waals surface area contributed by atoms with Gasteiger partial charge in [-0.05, 0) is 54.1 Å². The monoisotopic (exact) mass is 426 g/mol. The summed E-state index contributed by atoms with van der Waals surface area (Å²) in [6, 6.07) is 22.1. The summed E-state index contributed by atoms with van der Waals surface area (Å²) in [4.78, 5) is 12.1. The first-order chi connectivity index (χ1) is 14.5. The Morgan fingerprint density at radius 2 is 1.50 bits per heavy atom. The highest BCUT2D eigenvalue weighted by Crippen LogP contribution is 2.17. The number of hydrogen-bond donors (Lipinski definition) is 2. The average Bonchev–Trinajstić information content (AvgIpc) is 2.78. The maximum Gasteiger partial charge on any atom is 0.262 e. The Morgan fingerprint density at radius 1 is 0.867 bits per heavy atom. The van der Waals surface area contributed by atoms with Crippen LogP contribution in [0.15, 0.2) is 83.8 Å². The van der Waals surface area contributed by atoms with Crippen LogP contribution in [-0.4, -0.2) is 28.0 Å². The molecule has 0 bridgehead atoms. The largest absolute Gasteiger partial charge is 0.497 e. The van der Waals surface area contributed by atoms with Crippen LogP contribution in [0, 0.1) is 0 Å². The Labute approximate surface area is 175 Å². The van der Waals surface area contributed by atoms with Gasteiger partial charge >= 0.3 is 0 Å². The number of methoxy groups -OCH3 is 1. The minimum absolute atomic E-state index is 0.119. The fourth-order valence-electron chi connectivity index (χ4n) is 2.59. The first-order valence-corrected chi connectivity index (χ1v) is 10.6. The zero-order valence-electron chi connectivity index (χ0n) is 16.4. The van der Waals surface area contributed by atoms with Crippen LogP contribution in [0.5, 0.6) is 11.5 Å². The molecule has 8 heteroatoms. The molecule has 3 aromatic rings. The molecule has 0 aromatic heterocycles.